The fraction of sp³-hybridized carbons (Fsp3) is 0.312. The van der Waals surface area contributed by atoms with Crippen molar-refractivity contribution in [1.29, 1.82) is 0 Å². The lowest BCUT2D eigenvalue weighted by Crippen LogP contribution is -2.17. The van der Waals surface area contributed by atoms with Crippen LogP contribution in [0.5, 0.6) is 0 Å². The number of benzene rings is 1. The van der Waals surface area contributed by atoms with Gasteiger partial charge in [0.15, 0.2) is 0 Å². The maximum absolute atomic E-state index is 11.5. The van der Waals surface area contributed by atoms with E-state index < -0.39 is 0 Å². The molecule has 0 amide bonds. The fourth-order valence-electron chi connectivity index (χ4n) is 2.07. The van der Waals surface area contributed by atoms with E-state index in [4.69, 9.17) is 9.15 Å². The van der Waals surface area contributed by atoms with Crippen LogP contribution in [0, 0.1) is 6.92 Å². The van der Waals surface area contributed by atoms with Crippen molar-refractivity contribution in [1.82, 2.24) is 5.32 Å². The van der Waals surface area contributed by atoms with E-state index in [-0.39, 0.29) is 12.0 Å². The molecule has 112 valence electrons. The zero-order valence-electron chi connectivity index (χ0n) is 12.3. The van der Waals surface area contributed by atoms with Crippen molar-refractivity contribution in [2.45, 2.75) is 26.4 Å². The average molecular weight is 352 g/mol. The van der Waals surface area contributed by atoms with Gasteiger partial charge >= 0.3 is 5.97 Å². The quantitative estimate of drug-likeness (QED) is 0.827. The Morgan fingerprint density at radius 3 is 2.67 bits per heavy atom. The van der Waals surface area contributed by atoms with Crippen molar-refractivity contribution in [3.63, 3.8) is 0 Å². The SMILES string of the molecule is COC(=O)c1cc(CNC(C)c2ccc(Br)cc2)oc1C. The predicted molar refractivity (Wildman–Crippen MR) is 84.2 cm³/mol. The van der Waals surface area contributed by atoms with Gasteiger partial charge in [0.1, 0.15) is 17.1 Å². The summed E-state index contributed by atoms with van der Waals surface area (Å²) in [5.74, 6) is 0.926. The van der Waals surface area contributed by atoms with E-state index in [2.05, 4.69) is 40.3 Å². The van der Waals surface area contributed by atoms with Crippen LogP contribution in [-0.4, -0.2) is 13.1 Å². The largest absolute Gasteiger partial charge is 0.465 e. The van der Waals surface area contributed by atoms with Crippen molar-refractivity contribution in [3.05, 3.63) is 57.5 Å². The standard InChI is InChI=1S/C16H18BrNO3/c1-10(12-4-6-13(17)7-5-12)18-9-14-8-15(11(2)21-14)16(19)20-3/h4-8,10,18H,9H2,1-3H3. The molecule has 1 unspecified atom stereocenters. The second-order valence-electron chi connectivity index (χ2n) is 4.83. The van der Waals surface area contributed by atoms with E-state index >= 15 is 0 Å². The smallest absolute Gasteiger partial charge is 0.341 e. The van der Waals surface area contributed by atoms with Gasteiger partial charge in [0.25, 0.3) is 0 Å². The van der Waals surface area contributed by atoms with Crippen LogP contribution in [0.25, 0.3) is 0 Å². The van der Waals surface area contributed by atoms with Crippen molar-refractivity contribution in [3.8, 4) is 0 Å². The molecule has 1 heterocycles. The lowest BCUT2D eigenvalue weighted by Gasteiger charge is -2.13. The van der Waals surface area contributed by atoms with Crippen molar-refractivity contribution in [2.24, 2.45) is 0 Å². The summed E-state index contributed by atoms with van der Waals surface area (Å²) in [6, 6.07) is 10.1. The molecule has 2 aromatic rings. The predicted octanol–water partition coefficient (Wildman–Crippen LogP) is 3.99. The highest BCUT2D eigenvalue weighted by molar-refractivity contribution is 9.10. The molecule has 0 spiro atoms. The fourth-order valence-corrected chi connectivity index (χ4v) is 2.33. The highest BCUT2D eigenvalue weighted by atomic mass is 79.9. The molecule has 0 fully saturated rings. The third kappa shape index (κ3) is 3.95. The summed E-state index contributed by atoms with van der Waals surface area (Å²) in [6.45, 7) is 4.39. The molecule has 21 heavy (non-hydrogen) atoms. The number of furan rings is 1. The number of hydrogen-bond acceptors (Lipinski definition) is 4. The molecule has 0 aliphatic rings. The van der Waals surface area contributed by atoms with E-state index in [1.807, 2.05) is 12.1 Å². The van der Waals surface area contributed by atoms with E-state index in [1.54, 1.807) is 13.0 Å². The monoisotopic (exact) mass is 351 g/mol. The first kappa shape index (κ1) is 15.8. The molecule has 0 bridgehead atoms. The highest BCUT2D eigenvalue weighted by Gasteiger charge is 2.15. The Kier molecular flexibility index (Phi) is 5.20. The Balaban J connectivity index is 1.99. The minimum atomic E-state index is -0.372. The number of aryl methyl sites for hydroxylation is 1. The zero-order valence-corrected chi connectivity index (χ0v) is 13.9. The molecule has 1 N–H and O–H groups in total. The molecule has 0 saturated carbocycles. The van der Waals surface area contributed by atoms with Gasteiger partial charge < -0.3 is 14.5 Å². The van der Waals surface area contributed by atoms with Crippen molar-refractivity contribution < 1.29 is 13.9 Å². The molecule has 5 heteroatoms. The lowest BCUT2D eigenvalue weighted by molar-refractivity contribution is 0.0599. The first-order valence-corrected chi connectivity index (χ1v) is 7.47. The molecular weight excluding hydrogens is 334 g/mol. The summed E-state index contributed by atoms with van der Waals surface area (Å²) in [5, 5.41) is 3.37. The van der Waals surface area contributed by atoms with E-state index in [1.165, 1.54) is 12.7 Å². The molecule has 4 nitrogen and oxygen atoms in total. The number of halogens is 1. The van der Waals surface area contributed by atoms with Crippen molar-refractivity contribution >= 4 is 21.9 Å². The van der Waals surface area contributed by atoms with Gasteiger partial charge in [0.05, 0.1) is 13.7 Å². The Labute approximate surface area is 132 Å². The lowest BCUT2D eigenvalue weighted by atomic mass is 10.1. The maximum atomic E-state index is 11.5. The number of carbonyl (C=O) groups excluding carboxylic acids is 1. The summed E-state index contributed by atoms with van der Waals surface area (Å²) < 4.78 is 11.3. The van der Waals surface area contributed by atoms with Crippen LogP contribution in [0.1, 0.15) is 40.4 Å². The second kappa shape index (κ2) is 6.91. The molecule has 0 aliphatic carbocycles. The Morgan fingerprint density at radius 2 is 2.05 bits per heavy atom. The molecule has 0 saturated heterocycles. The first-order valence-electron chi connectivity index (χ1n) is 6.67. The molecule has 0 radical (unpaired) electrons. The van der Waals surface area contributed by atoms with Gasteiger partial charge in [-0.15, -0.1) is 0 Å². The summed E-state index contributed by atoms with van der Waals surface area (Å²) >= 11 is 3.42. The van der Waals surface area contributed by atoms with Gasteiger partial charge in [0.2, 0.25) is 0 Å². The summed E-state index contributed by atoms with van der Waals surface area (Å²) in [7, 11) is 1.36. The molecule has 0 aliphatic heterocycles. The molecular formula is C16H18BrNO3. The van der Waals surface area contributed by atoms with Crippen LogP contribution in [0.2, 0.25) is 0 Å². The maximum Gasteiger partial charge on any atom is 0.341 e. The molecule has 1 atom stereocenters. The molecule has 2 rings (SSSR count). The zero-order chi connectivity index (χ0) is 15.4. The molecule has 1 aromatic carbocycles. The second-order valence-corrected chi connectivity index (χ2v) is 5.74. The number of rotatable bonds is 5. The number of methoxy groups -OCH3 is 1. The number of ether oxygens (including phenoxy) is 1. The first-order chi connectivity index (χ1) is 10.0. The van der Waals surface area contributed by atoms with Crippen LogP contribution in [0.15, 0.2) is 39.2 Å². The number of esters is 1. The number of nitrogens with one attached hydrogen (secondary N) is 1. The van der Waals surface area contributed by atoms with E-state index in [0.29, 0.717) is 17.9 Å². The van der Waals surface area contributed by atoms with Gasteiger partial charge in [-0.1, -0.05) is 28.1 Å². The van der Waals surface area contributed by atoms with Crippen LogP contribution in [-0.2, 0) is 11.3 Å². The summed E-state index contributed by atoms with van der Waals surface area (Å²) in [6.07, 6.45) is 0. The Bertz CT molecular complexity index is 619. The van der Waals surface area contributed by atoms with Gasteiger partial charge in [-0.25, -0.2) is 4.79 Å². The summed E-state index contributed by atoms with van der Waals surface area (Å²) in [5.41, 5.74) is 1.67. The minimum absolute atomic E-state index is 0.185. The van der Waals surface area contributed by atoms with Gasteiger partial charge in [0, 0.05) is 10.5 Å². The minimum Gasteiger partial charge on any atom is -0.465 e. The summed E-state index contributed by atoms with van der Waals surface area (Å²) in [4.78, 5) is 11.5. The molecule has 1 aromatic heterocycles. The highest BCUT2D eigenvalue weighted by Crippen LogP contribution is 2.19. The third-order valence-electron chi connectivity index (χ3n) is 3.33. The van der Waals surface area contributed by atoms with E-state index in [0.717, 1.165) is 10.2 Å². The van der Waals surface area contributed by atoms with Crippen molar-refractivity contribution in [2.75, 3.05) is 7.11 Å². The number of hydrogen-bond donors (Lipinski definition) is 1. The normalized spacial score (nSPS) is 12.2. The van der Waals surface area contributed by atoms with Crippen LogP contribution >= 0.6 is 15.9 Å². The van der Waals surface area contributed by atoms with Crippen LogP contribution in [0.4, 0.5) is 0 Å². The van der Waals surface area contributed by atoms with E-state index in [9.17, 15) is 4.79 Å². The average Bonchev–Trinajstić information content (AvgIpc) is 2.86. The topological polar surface area (TPSA) is 51.5 Å². The Morgan fingerprint density at radius 1 is 1.38 bits per heavy atom. The Hall–Kier alpha value is -1.59. The third-order valence-corrected chi connectivity index (χ3v) is 3.86. The van der Waals surface area contributed by atoms with Gasteiger partial charge in [-0.2, -0.15) is 0 Å². The van der Waals surface area contributed by atoms with Crippen LogP contribution in [0.3, 0.4) is 0 Å². The van der Waals surface area contributed by atoms with Gasteiger partial charge in [-0.05, 0) is 37.6 Å². The van der Waals surface area contributed by atoms with Gasteiger partial charge in [-0.3, -0.25) is 0 Å². The number of carbonyl (C=O) groups is 1. The van der Waals surface area contributed by atoms with Crippen LogP contribution < -0.4 is 5.32 Å².